The Hall–Kier alpha value is -2.89. The van der Waals surface area contributed by atoms with Crippen LogP contribution in [-0.4, -0.2) is 39.4 Å². The molecule has 6 heteroatoms. The van der Waals surface area contributed by atoms with Gasteiger partial charge in [0.25, 0.3) is 5.91 Å². The topological polar surface area (TPSA) is 66.0 Å². The zero-order chi connectivity index (χ0) is 18.1. The second-order valence-electron chi connectivity index (χ2n) is 5.20. The maximum atomic E-state index is 12.1. The van der Waals surface area contributed by atoms with E-state index in [1.54, 1.807) is 33.3 Å². The minimum atomic E-state index is -0.650. The van der Waals surface area contributed by atoms with Crippen LogP contribution in [0.3, 0.4) is 0 Å². The third kappa shape index (κ3) is 5.31. The van der Waals surface area contributed by atoms with Crippen LogP contribution in [0.25, 0.3) is 0 Å². The van der Waals surface area contributed by atoms with Crippen LogP contribution in [-0.2, 0) is 4.79 Å². The van der Waals surface area contributed by atoms with E-state index < -0.39 is 6.10 Å². The summed E-state index contributed by atoms with van der Waals surface area (Å²) in [5.41, 5.74) is 0. The first-order valence-corrected chi connectivity index (χ1v) is 7.99. The molecule has 6 nitrogen and oxygen atoms in total. The molecule has 0 aliphatic heterocycles. The molecule has 0 spiro atoms. The van der Waals surface area contributed by atoms with Gasteiger partial charge in [-0.1, -0.05) is 24.3 Å². The lowest BCUT2D eigenvalue weighted by molar-refractivity contribution is -0.127. The molecule has 0 saturated carbocycles. The van der Waals surface area contributed by atoms with Gasteiger partial charge in [0.1, 0.15) is 6.61 Å². The highest BCUT2D eigenvalue weighted by molar-refractivity contribution is 5.80. The average molecular weight is 345 g/mol. The molecule has 1 atom stereocenters. The number of nitrogens with one attached hydrogen (secondary N) is 1. The molecule has 134 valence electrons. The molecular formula is C19H23NO5. The molecule has 0 bridgehead atoms. The zero-order valence-electron chi connectivity index (χ0n) is 14.7. The monoisotopic (exact) mass is 345 g/mol. The highest BCUT2D eigenvalue weighted by atomic mass is 16.5. The van der Waals surface area contributed by atoms with Crippen LogP contribution in [0.1, 0.15) is 6.92 Å². The minimum Gasteiger partial charge on any atom is -0.493 e. The van der Waals surface area contributed by atoms with Gasteiger partial charge in [-0.2, -0.15) is 0 Å². The molecule has 0 fully saturated rings. The Balaban J connectivity index is 1.78. The van der Waals surface area contributed by atoms with Crippen LogP contribution in [0.2, 0.25) is 0 Å². The van der Waals surface area contributed by atoms with E-state index in [9.17, 15) is 4.79 Å². The average Bonchev–Trinajstić information content (AvgIpc) is 2.65. The summed E-state index contributed by atoms with van der Waals surface area (Å²) in [6.07, 6.45) is -0.650. The summed E-state index contributed by atoms with van der Waals surface area (Å²) in [5.74, 6) is 2.17. The Morgan fingerprint density at radius 2 is 1.44 bits per heavy atom. The summed E-state index contributed by atoms with van der Waals surface area (Å²) in [5, 5.41) is 2.78. The molecule has 25 heavy (non-hydrogen) atoms. The first kappa shape index (κ1) is 18.4. The number of hydrogen-bond acceptors (Lipinski definition) is 5. The van der Waals surface area contributed by atoms with Gasteiger partial charge in [-0.25, -0.2) is 0 Å². The van der Waals surface area contributed by atoms with Crippen LogP contribution in [0.5, 0.6) is 23.0 Å². The molecule has 0 aliphatic rings. The number of rotatable bonds is 9. The highest BCUT2D eigenvalue weighted by Crippen LogP contribution is 2.27. The van der Waals surface area contributed by atoms with Crippen LogP contribution >= 0.6 is 0 Å². The van der Waals surface area contributed by atoms with Gasteiger partial charge in [0.2, 0.25) is 0 Å². The Labute approximate surface area is 147 Å². The van der Waals surface area contributed by atoms with Crippen molar-refractivity contribution >= 4 is 5.91 Å². The van der Waals surface area contributed by atoms with Crippen molar-refractivity contribution in [2.45, 2.75) is 13.0 Å². The van der Waals surface area contributed by atoms with Gasteiger partial charge in [0, 0.05) is 0 Å². The lowest BCUT2D eigenvalue weighted by Crippen LogP contribution is -2.38. The molecule has 2 rings (SSSR count). The number of hydrogen-bond donors (Lipinski definition) is 1. The van der Waals surface area contributed by atoms with Gasteiger partial charge in [0.15, 0.2) is 29.1 Å². The minimum absolute atomic E-state index is 0.227. The quantitative estimate of drug-likeness (QED) is 0.708. The smallest absolute Gasteiger partial charge is 0.260 e. The summed E-state index contributed by atoms with van der Waals surface area (Å²) in [7, 11) is 3.14. The van der Waals surface area contributed by atoms with Gasteiger partial charge in [-0.05, 0) is 31.2 Å². The molecule has 1 N–H and O–H groups in total. The van der Waals surface area contributed by atoms with E-state index in [1.807, 2.05) is 36.4 Å². The fraction of sp³-hybridized carbons (Fsp3) is 0.316. The van der Waals surface area contributed by atoms with E-state index in [1.165, 1.54) is 0 Å². The lowest BCUT2D eigenvalue weighted by atomic mass is 10.3. The Morgan fingerprint density at radius 3 is 2.04 bits per heavy atom. The van der Waals surface area contributed by atoms with E-state index >= 15 is 0 Å². The second-order valence-corrected chi connectivity index (χ2v) is 5.20. The third-order valence-corrected chi connectivity index (χ3v) is 3.47. The third-order valence-electron chi connectivity index (χ3n) is 3.47. The number of benzene rings is 2. The van der Waals surface area contributed by atoms with Crippen molar-refractivity contribution in [2.24, 2.45) is 0 Å². The standard InChI is InChI=1S/C19H23NO5/c1-14(25-18-11-7-5-9-16(18)23-3)19(21)20-12-13-24-17-10-6-4-8-15(17)22-2/h4-11,14H,12-13H2,1-3H3,(H,20,21). The summed E-state index contributed by atoms with van der Waals surface area (Å²) < 4.78 is 21.7. The van der Waals surface area contributed by atoms with Crippen molar-refractivity contribution < 1.29 is 23.7 Å². The second kappa shape index (κ2) is 9.42. The van der Waals surface area contributed by atoms with E-state index in [2.05, 4.69) is 5.32 Å². The fourth-order valence-corrected chi connectivity index (χ4v) is 2.18. The van der Waals surface area contributed by atoms with Gasteiger partial charge in [-0.15, -0.1) is 0 Å². The number of ether oxygens (including phenoxy) is 4. The van der Waals surface area contributed by atoms with Crippen molar-refractivity contribution in [1.29, 1.82) is 0 Å². The first-order valence-electron chi connectivity index (χ1n) is 7.99. The molecule has 1 unspecified atom stereocenters. The maximum Gasteiger partial charge on any atom is 0.260 e. The van der Waals surface area contributed by atoms with Crippen molar-refractivity contribution in [3.05, 3.63) is 48.5 Å². The summed E-state index contributed by atoms with van der Waals surface area (Å²) in [6, 6.07) is 14.6. The highest BCUT2D eigenvalue weighted by Gasteiger charge is 2.16. The molecule has 0 saturated heterocycles. The molecule has 2 aromatic rings. The molecule has 2 aromatic carbocycles. The van der Waals surface area contributed by atoms with Gasteiger partial charge in [-0.3, -0.25) is 4.79 Å². The molecule has 1 amide bonds. The molecule has 0 aliphatic carbocycles. The number of para-hydroxylation sites is 4. The van der Waals surface area contributed by atoms with Crippen molar-refractivity contribution in [3.63, 3.8) is 0 Å². The predicted octanol–water partition coefficient (Wildman–Crippen LogP) is 2.67. The van der Waals surface area contributed by atoms with Gasteiger partial charge >= 0.3 is 0 Å². The van der Waals surface area contributed by atoms with E-state index in [0.717, 1.165) is 0 Å². The van der Waals surface area contributed by atoms with Crippen LogP contribution in [0.15, 0.2) is 48.5 Å². The lowest BCUT2D eigenvalue weighted by Gasteiger charge is -2.17. The van der Waals surface area contributed by atoms with Crippen LogP contribution < -0.4 is 24.3 Å². The van der Waals surface area contributed by atoms with E-state index in [4.69, 9.17) is 18.9 Å². The Morgan fingerprint density at radius 1 is 0.920 bits per heavy atom. The number of carbonyl (C=O) groups is 1. The summed E-state index contributed by atoms with van der Waals surface area (Å²) >= 11 is 0. The number of methoxy groups -OCH3 is 2. The Bertz CT molecular complexity index is 689. The van der Waals surface area contributed by atoms with Crippen molar-refractivity contribution in [2.75, 3.05) is 27.4 Å². The largest absolute Gasteiger partial charge is 0.493 e. The summed E-state index contributed by atoms with van der Waals surface area (Å²) in [4.78, 5) is 12.1. The predicted molar refractivity (Wildman–Crippen MR) is 94.6 cm³/mol. The Kier molecular flexibility index (Phi) is 6.95. The molecule has 0 radical (unpaired) electrons. The summed E-state index contributed by atoms with van der Waals surface area (Å²) in [6.45, 7) is 2.37. The van der Waals surface area contributed by atoms with Crippen LogP contribution in [0.4, 0.5) is 0 Å². The maximum absolute atomic E-state index is 12.1. The van der Waals surface area contributed by atoms with Crippen molar-refractivity contribution in [1.82, 2.24) is 5.32 Å². The first-order chi connectivity index (χ1) is 12.2. The molecule has 0 heterocycles. The van der Waals surface area contributed by atoms with Crippen molar-refractivity contribution in [3.8, 4) is 23.0 Å². The van der Waals surface area contributed by atoms with E-state index in [0.29, 0.717) is 36.1 Å². The van der Waals surface area contributed by atoms with Gasteiger partial charge in [0.05, 0.1) is 20.8 Å². The SMILES string of the molecule is COc1ccccc1OCCNC(=O)C(C)Oc1ccccc1OC. The zero-order valence-corrected chi connectivity index (χ0v) is 14.7. The van der Waals surface area contributed by atoms with Gasteiger partial charge < -0.3 is 24.3 Å². The number of amides is 1. The normalized spacial score (nSPS) is 11.3. The van der Waals surface area contributed by atoms with Crippen LogP contribution in [0, 0.1) is 0 Å². The van der Waals surface area contributed by atoms with E-state index in [-0.39, 0.29) is 5.91 Å². The number of carbonyl (C=O) groups excluding carboxylic acids is 1. The fourth-order valence-electron chi connectivity index (χ4n) is 2.18. The molecule has 0 aromatic heterocycles. The molecular weight excluding hydrogens is 322 g/mol.